The van der Waals surface area contributed by atoms with Crippen molar-refractivity contribution in [3.8, 4) is 5.75 Å². The van der Waals surface area contributed by atoms with Crippen LogP contribution in [0.1, 0.15) is 10.4 Å². The average molecular weight is 279 g/mol. The first-order valence-electron chi connectivity index (χ1n) is 5.63. The van der Waals surface area contributed by atoms with Gasteiger partial charge in [-0.05, 0) is 24.3 Å². The van der Waals surface area contributed by atoms with Gasteiger partial charge in [-0.25, -0.2) is 4.98 Å². The molecular formula is C13H11F2N3O2. The van der Waals surface area contributed by atoms with Gasteiger partial charge in [-0.15, -0.1) is 0 Å². The van der Waals surface area contributed by atoms with Crippen molar-refractivity contribution in [2.24, 2.45) is 0 Å². The fraction of sp³-hybridized carbons (Fsp3) is 0.0769. The molecule has 0 unspecified atom stereocenters. The first-order valence-corrected chi connectivity index (χ1v) is 5.63. The minimum Gasteiger partial charge on any atom is -0.433 e. The van der Waals surface area contributed by atoms with Crippen LogP contribution in [0.2, 0.25) is 0 Å². The minimum atomic E-state index is -2.97. The van der Waals surface area contributed by atoms with Gasteiger partial charge in [-0.2, -0.15) is 8.78 Å². The summed E-state index contributed by atoms with van der Waals surface area (Å²) in [5, 5.41) is 2.47. The summed E-state index contributed by atoms with van der Waals surface area (Å²) in [6, 6.07) is 8.86. The molecule has 0 saturated heterocycles. The van der Waals surface area contributed by atoms with Crippen molar-refractivity contribution in [3.05, 3.63) is 48.2 Å². The molecule has 0 spiro atoms. The van der Waals surface area contributed by atoms with Crippen molar-refractivity contribution in [1.29, 1.82) is 0 Å². The maximum absolute atomic E-state index is 12.2. The van der Waals surface area contributed by atoms with Gasteiger partial charge in [0.1, 0.15) is 11.6 Å². The lowest BCUT2D eigenvalue weighted by atomic mass is 10.2. The Labute approximate surface area is 113 Å². The second-order valence-corrected chi connectivity index (χ2v) is 3.80. The van der Waals surface area contributed by atoms with E-state index in [9.17, 15) is 13.6 Å². The number of ether oxygens (including phenoxy) is 1. The van der Waals surface area contributed by atoms with E-state index in [1.807, 2.05) is 0 Å². The molecular weight excluding hydrogens is 268 g/mol. The van der Waals surface area contributed by atoms with Gasteiger partial charge in [0.15, 0.2) is 0 Å². The number of nitrogens with one attached hydrogen (secondary N) is 1. The van der Waals surface area contributed by atoms with Crippen molar-refractivity contribution in [1.82, 2.24) is 4.98 Å². The summed E-state index contributed by atoms with van der Waals surface area (Å²) >= 11 is 0. The van der Waals surface area contributed by atoms with Crippen LogP contribution in [0.15, 0.2) is 42.6 Å². The summed E-state index contributed by atoms with van der Waals surface area (Å²) in [5.74, 6) is -0.329. The highest BCUT2D eigenvalue weighted by atomic mass is 19.3. The maximum atomic E-state index is 12.2. The molecule has 104 valence electrons. The Bertz CT molecular complexity index is 603. The Morgan fingerprint density at radius 2 is 2.00 bits per heavy atom. The zero-order valence-electron chi connectivity index (χ0n) is 10.2. The number of para-hydroxylation sites is 2. The number of anilines is 2. The normalized spacial score (nSPS) is 10.3. The van der Waals surface area contributed by atoms with E-state index in [0.717, 1.165) is 0 Å². The lowest BCUT2D eigenvalue weighted by molar-refractivity contribution is -0.0493. The van der Waals surface area contributed by atoms with Crippen LogP contribution < -0.4 is 15.8 Å². The third kappa shape index (κ3) is 3.41. The summed E-state index contributed by atoms with van der Waals surface area (Å²) in [6.45, 7) is -2.97. The molecule has 0 radical (unpaired) electrons. The molecule has 1 heterocycles. The molecule has 7 heteroatoms. The van der Waals surface area contributed by atoms with E-state index in [-0.39, 0.29) is 22.8 Å². The summed E-state index contributed by atoms with van der Waals surface area (Å²) in [7, 11) is 0. The first kappa shape index (κ1) is 13.7. The third-order valence-electron chi connectivity index (χ3n) is 2.40. The Hall–Kier alpha value is -2.70. The smallest absolute Gasteiger partial charge is 0.387 e. The van der Waals surface area contributed by atoms with Crippen LogP contribution in [-0.4, -0.2) is 17.5 Å². The average Bonchev–Trinajstić information content (AvgIpc) is 2.41. The molecule has 0 bridgehead atoms. The quantitative estimate of drug-likeness (QED) is 0.901. The summed E-state index contributed by atoms with van der Waals surface area (Å²) < 4.78 is 28.8. The van der Waals surface area contributed by atoms with Crippen LogP contribution in [-0.2, 0) is 0 Å². The predicted molar refractivity (Wildman–Crippen MR) is 69.7 cm³/mol. The summed E-state index contributed by atoms with van der Waals surface area (Å²) in [6.07, 6.45) is 1.29. The topological polar surface area (TPSA) is 77.2 Å². The number of alkyl halides is 2. The highest BCUT2D eigenvalue weighted by Crippen LogP contribution is 2.25. The van der Waals surface area contributed by atoms with Crippen molar-refractivity contribution in [2.75, 3.05) is 11.1 Å². The predicted octanol–water partition coefficient (Wildman–Crippen LogP) is 2.52. The van der Waals surface area contributed by atoms with Crippen LogP contribution in [0, 0.1) is 0 Å². The molecule has 2 rings (SSSR count). The number of halogens is 2. The Kier molecular flexibility index (Phi) is 4.09. The number of pyridine rings is 1. The van der Waals surface area contributed by atoms with Gasteiger partial charge >= 0.3 is 6.61 Å². The van der Waals surface area contributed by atoms with E-state index in [4.69, 9.17) is 5.73 Å². The molecule has 5 nitrogen and oxygen atoms in total. The number of aromatic nitrogens is 1. The van der Waals surface area contributed by atoms with E-state index >= 15 is 0 Å². The van der Waals surface area contributed by atoms with Gasteiger partial charge < -0.3 is 15.8 Å². The van der Waals surface area contributed by atoms with Crippen LogP contribution >= 0.6 is 0 Å². The summed E-state index contributed by atoms with van der Waals surface area (Å²) in [4.78, 5) is 15.7. The van der Waals surface area contributed by atoms with E-state index in [1.54, 1.807) is 6.07 Å². The number of carbonyl (C=O) groups is 1. The molecule has 1 amide bonds. The Morgan fingerprint density at radius 1 is 1.25 bits per heavy atom. The molecule has 0 atom stereocenters. The van der Waals surface area contributed by atoms with E-state index in [0.29, 0.717) is 0 Å². The second kappa shape index (κ2) is 5.96. The number of nitrogens with two attached hydrogens (primary N) is 1. The lowest BCUT2D eigenvalue weighted by Gasteiger charge is -2.11. The largest absolute Gasteiger partial charge is 0.433 e. The third-order valence-corrected chi connectivity index (χ3v) is 2.40. The van der Waals surface area contributed by atoms with Crippen molar-refractivity contribution < 1.29 is 18.3 Å². The molecule has 1 aromatic carbocycles. The number of nitrogens with zero attached hydrogens (tertiary/aromatic N) is 1. The summed E-state index contributed by atoms with van der Waals surface area (Å²) in [5.41, 5.74) is 5.82. The number of amides is 1. The first-order chi connectivity index (χ1) is 9.56. The van der Waals surface area contributed by atoms with Crippen molar-refractivity contribution >= 4 is 17.4 Å². The van der Waals surface area contributed by atoms with Crippen LogP contribution in [0.4, 0.5) is 20.3 Å². The van der Waals surface area contributed by atoms with Crippen molar-refractivity contribution in [3.63, 3.8) is 0 Å². The lowest BCUT2D eigenvalue weighted by Crippen LogP contribution is -2.14. The second-order valence-electron chi connectivity index (χ2n) is 3.80. The molecule has 1 aromatic heterocycles. The number of benzene rings is 1. The van der Waals surface area contributed by atoms with Gasteiger partial charge in [0, 0.05) is 6.20 Å². The van der Waals surface area contributed by atoms with Crippen LogP contribution in [0.5, 0.6) is 5.75 Å². The highest BCUT2D eigenvalue weighted by molar-refractivity contribution is 6.04. The monoisotopic (exact) mass is 279 g/mol. The van der Waals surface area contributed by atoms with Crippen LogP contribution in [0.25, 0.3) is 0 Å². The molecule has 20 heavy (non-hydrogen) atoms. The number of nitrogen functional groups attached to an aromatic ring is 1. The zero-order valence-corrected chi connectivity index (χ0v) is 10.2. The fourth-order valence-corrected chi connectivity index (χ4v) is 1.50. The SMILES string of the molecule is Nc1ccc(C(=O)Nc2ccccc2OC(F)F)cn1. The zero-order chi connectivity index (χ0) is 14.5. The number of rotatable bonds is 4. The maximum Gasteiger partial charge on any atom is 0.387 e. The van der Waals surface area contributed by atoms with Crippen LogP contribution in [0.3, 0.4) is 0 Å². The molecule has 0 aliphatic rings. The van der Waals surface area contributed by atoms with Crippen molar-refractivity contribution in [2.45, 2.75) is 6.61 Å². The standard InChI is InChI=1S/C13H11F2N3O2/c14-13(15)20-10-4-2-1-3-9(10)18-12(19)8-5-6-11(16)17-7-8/h1-7,13H,(H2,16,17)(H,18,19). The molecule has 0 aliphatic carbocycles. The van der Waals surface area contributed by atoms with Gasteiger partial charge in [0.05, 0.1) is 11.3 Å². The van der Waals surface area contributed by atoms with E-state index in [2.05, 4.69) is 15.0 Å². The Balaban J connectivity index is 2.17. The number of hydrogen-bond donors (Lipinski definition) is 2. The van der Waals surface area contributed by atoms with Gasteiger partial charge in [0.2, 0.25) is 0 Å². The molecule has 3 N–H and O–H groups in total. The highest BCUT2D eigenvalue weighted by Gasteiger charge is 2.12. The molecule has 0 aliphatic heterocycles. The van der Waals surface area contributed by atoms with Gasteiger partial charge in [0.25, 0.3) is 5.91 Å². The number of carbonyl (C=O) groups excluding carboxylic acids is 1. The van der Waals surface area contributed by atoms with E-state index < -0.39 is 12.5 Å². The molecule has 0 saturated carbocycles. The minimum absolute atomic E-state index is 0.112. The Morgan fingerprint density at radius 3 is 2.65 bits per heavy atom. The fourth-order valence-electron chi connectivity index (χ4n) is 1.50. The molecule has 2 aromatic rings. The van der Waals surface area contributed by atoms with E-state index in [1.165, 1.54) is 36.5 Å². The number of hydrogen-bond acceptors (Lipinski definition) is 4. The van der Waals surface area contributed by atoms with Gasteiger partial charge in [-0.1, -0.05) is 12.1 Å². The van der Waals surface area contributed by atoms with Gasteiger partial charge in [-0.3, -0.25) is 4.79 Å². The molecule has 0 fully saturated rings.